The number of nitro benzene ring substituents is 1. The minimum absolute atomic E-state index is 0.0885. The third-order valence-corrected chi connectivity index (χ3v) is 5.63. The van der Waals surface area contributed by atoms with Crippen LogP contribution in [-0.4, -0.2) is 16.6 Å². The fraction of sp³-hybridized carbons (Fsp3) is 0.273. The Morgan fingerprint density at radius 1 is 1.00 bits per heavy atom. The Morgan fingerprint density at radius 2 is 1.68 bits per heavy atom. The van der Waals surface area contributed by atoms with E-state index in [9.17, 15) is 32.9 Å². The molecule has 1 aliphatic heterocycles. The zero-order chi connectivity index (χ0) is 22.3. The van der Waals surface area contributed by atoms with Crippen molar-refractivity contribution in [3.8, 4) is 0 Å². The summed E-state index contributed by atoms with van der Waals surface area (Å²) in [7, 11) is 0. The van der Waals surface area contributed by atoms with Crippen molar-refractivity contribution in [2.45, 2.75) is 37.8 Å². The SMILES string of the molecule is O=C1CCCC2=C1C(c1ccc(C(F)(F)F)cc1)CC(=O)N2c1ccccc1[N+](=O)[O-]. The van der Waals surface area contributed by atoms with Crippen molar-refractivity contribution in [1.82, 2.24) is 0 Å². The van der Waals surface area contributed by atoms with Crippen LogP contribution in [0.5, 0.6) is 0 Å². The maximum atomic E-state index is 13.1. The summed E-state index contributed by atoms with van der Waals surface area (Å²) in [4.78, 5) is 38.1. The quantitative estimate of drug-likeness (QED) is 0.499. The fourth-order valence-electron chi connectivity index (χ4n) is 4.27. The molecule has 0 spiro atoms. The van der Waals surface area contributed by atoms with Crippen LogP contribution < -0.4 is 4.90 Å². The molecule has 2 aromatic rings. The zero-order valence-electron chi connectivity index (χ0n) is 16.2. The van der Waals surface area contributed by atoms with Gasteiger partial charge in [0.25, 0.3) is 5.69 Å². The number of carbonyl (C=O) groups is 2. The van der Waals surface area contributed by atoms with Gasteiger partial charge in [0, 0.05) is 36.1 Å². The molecule has 1 atom stereocenters. The van der Waals surface area contributed by atoms with Gasteiger partial charge in [-0.25, -0.2) is 0 Å². The summed E-state index contributed by atoms with van der Waals surface area (Å²) in [6, 6.07) is 10.2. The number of ketones is 1. The lowest BCUT2D eigenvalue weighted by molar-refractivity contribution is -0.384. The molecule has 2 aromatic carbocycles. The van der Waals surface area contributed by atoms with Crippen LogP contribution in [0.25, 0.3) is 0 Å². The van der Waals surface area contributed by atoms with Crippen LogP contribution in [0.3, 0.4) is 0 Å². The van der Waals surface area contributed by atoms with Crippen molar-refractivity contribution >= 4 is 23.1 Å². The van der Waals surface area contributed by atoms with E-state index in [1.165, 1.54) is 35.2 Å². The molecule has 0 saturated carbocycles. The Bertz CT molecular complexity index is 1110. The number of alkyl halides is 3. The summed E-state index contributed by atoms with van der Waals surface area (Å²) in [5.74, 6) is -1.31. The number of nitro groups is 1. The Morgan fingerprint density at radius 3 is 2.32 bits per heavy atom. The van der Waals surface area contributed by atoms with Crippen molar-refractivity contribution < 1.29 is 27.7 Å². The third-order valence-electron chi connectivity index (χ3n) is 5.63. The van der Waals surface area contributed by atoms with Gasteiger partial charge in [-0.2, -0.15) is 13.2 Å². The van der Waals surface area contributed by atoms with E-state index in [1.54, 1.807) is 6.07 Å². The lowest BCUT2D eigenvalue weighted by atomic mass is 9.77. The average Bonchev–Trinajstić information content (AvgIpc) is 2.73. The normalized spacial score (nSPS) is 19.5. The molecular formula is C22H17F3N2O4. The summed E-state index contributed by atoms with van der Waals surface area (Å²) in [6.45, 7) is 0. The molecule has 0 radical (unpaired) electrons. The van der Waals surface area contributed by atoms with Crippen LogP contribution in [0, 0.1) is 10.1 Å². The summed E-state index contributed by atoms with van der Waals surface area (Å²) in [5.41, 5.74) is 0.199. The second-order valence-corrected chi connectivity index (χ2v) is 7.49. The number of anilines is 1. The summed E-state index contributed by atoms with van der Waals surface area (Å²) < 4.78 is 38.8. The number of hydrogen-bond donors (Lipinski definition) is 0. The van der Waals surface area contributed by atoms with Gasteiger partial charge >= 0.3 is 6.18 Å². The maximum absolute atomic E-state index is 13.1. The predicted octanol–water partition coefficient (Wildman–Crippen LogP) is 5.14. The first kappa shape index (κ1) is 20.8. The van der Waals surface area contributed by atoms with Crippen molar-refractivity contribution in [3.63, 3.8) is 0 Å². The molecular weight excluding hydrogens is 413 g/mol. The van der Waals surface area contributed by atoms with E-state index in [0.717, 1.165) is 12.1 Å². The standard InChI is InChI=1S/C22H17F3N2O4/c23-22(24,25)14-10-8-13(9-11-14)15-12-20(29)26(18-6-3-7-19(28)21(15)18)16-4-1-2-5-17(16)27(30)31/h1-2,4-5,8-11,15H,3,6-7,12H2. The number of Topliss-reactive ketones (excluding diaryl/α,β-unsaturated/α-hetero) is 1. The van der Waals surface area contributed by atoms with E-state index in [0.29, 0.717) is 29.7 Å². The summed E-state index contributed by atoms with van der Waals surface area (Å²) in [5, 5.41) is 11.5. The van der Waals surface area contributed by atoms with Gasteiger partial charge < -0.3 is 0 Å². The van der Waals surface area contributed by atoms with Gasteiger partial charge in [0.05, 0.1) is 10.5 Å². The Hall–Kier alpha value is -3.49. The van der Waals surface area contributed by atoms with E-state index in [-0.39, 0.29) is 30.0 Å². The highest BCUT2D eigenvalue weighted by Crippen LogP contribution is 2.45. The van der Waals surface area contributed by atoms with Crippen molar-refractivity contribution in [3.05, 3.63) is 81.0 Å². The number of para-hydroxylation sites is 2. The van der Waals surface area contributed by atoms with Gasteiger partial charge in [0.2, 0.25) is 5.91 Å². The number of rotatable bonds is 3. The molecule has 160 valence electrons. The first-order valence-corrected chi connectivity index (χ1v) is 9.68. The van der Waals surface area contributed by atoms with Crippen LogP contribution in [-0.2, 0) is 15.8 Å². The number of allylic oxidation sites excluding steroid dienone is 2. The molecule has 0 N–H and O–H groups in total. The molecule has 2 aliphatic rings. The van der Waals surface area contributed by atoms with Crippen LogP contribution in [0.2, 0.25) is 0 Å². The van der Waals surface area contributed by atoms with Gasteiger partial charge in [0.15, 0.2) is 5.78 Å². The maximum Gasteiger partial charge on any atom is 0.416 e. The number of hydrogen-bond acceptors (Lipinski definition) is 4. The molecule has 1 aliphatic carbocycles. The monoisotopic (exact) mass is 430 g/mol. The smallest absolute Gasteiger partial charge is 0.294 e. The highest BCUT2D eigenvalue weighted by molar-refractivity contribution is 6.08. The van der Waals surface area contributed by atoms with Crippen LogP contribution in [0.15, 0.2) is 59.8 Å². The Kier molecular flexibility index (Phi) is 5.12. The minimum atomic E-state index is -4.49. The van der Waals surface area contributed by atoms with Crippen molar-refractivity contribution in [1.29, 1.82) is 0 Å². The predicted molar refractivity (Wildman–Crippen MR) is 105 cm³/mol. The molecule has 0 bridgehead atoms. The van der Waals surface area contributed by atoms with Crippen LogP contribution in [0.4, 0.5) is 24.5 Å². The molecule has 31 heavy (non-hydrogen) atoms. The first-order chi connectivity index (χ1) is 14.7. The molecule has 4 rings (SSSR count). The van der Waals surface area contributed by atoms with E-state index < -0.39 is 28.5 Å². The molecule has 1 unspecified atom stereocenters. The first-order valence-electron chi connectivity index (χ1n) is 9.68. The van der Waals surface area contributed by atoms with E-state index in [2.05, 4.69) is 0 Å². The molecule has 1 heterocycles. The lowest BCUT2D eigenvalue weighted by Gasteiger charge is -2.38. The highest BCUT2D eigenvalue weighted by Gasteiger charge is 2.41. The van der Waals surface area contributed by atoms with Crippen molar-refractivity contribution in [2.24, 2.45) is 0 Å². The molecule has 0 fully saturated rings. The molecule has 0 aromatic heterocycles. The van der Waals surface area contributed by atoms with E-state index in [4.69, 9.17) is 0 Å². The van der Waals surface area contributed by atoms with Gasteiger partial charge in [-0.15, -0.1) is 0 Å². The second kappa shape index (κ2) is 7.64. The summed E-state index contributed by atoms with van der Waals surface area (Å²) in [6.07, 6.45) is -3.54. The lowest BCUT2D eigenvalue weighted by Crippen LogP contribution is -2.40. The van der Waals surface area contributed by atoms with Crippen LogP contribution >= 0.6 is 0 Å². The molecule has 9 heteroatoms. The average molecular weight is 430 g/mol. The Labute approximate surface area is 175 Å². The van der Waals surface area contributed by atoms with Crippen molar-refractivity contribution in [2.75, 3.05) is 4.90 Å². The number of benzene rings is 2. The molecule has 1 amide bonds. The second-order valence-electron chi connectivity index (χ2n) is 7.49. The molecule has 6 nitrogen and oxygen atoms in total. The summed E-state index contributed by atoms with van der Waals surface area (Å²) >= 11 is 0. The third kappa shape index (κ3) is 3.71. The number of amides is 1. The number of nitrogens with zero attached hydrogens (tertiary/aromatic N) is 2. The molecule has 0 saturated heterocycles. The van der Waals surface area contributed by atoms with Gasteiger partial charge in [-0.3, -0.25) is 24.6 Å². The van der Waals surface area contributed by atoms with Gasteiger partial charge in [-0.1, -0.05) is 24.3 Å². The largest absolute Gasteiger partial charge is 0.416 e. The highest BCUT2D eigenvalue weighted by atomic mass is 19.4. The Balaban J connectivity index is 1.84. The number of halogens is 3. The van der Waals surface area contributed by atoms with Gasteiger partial charge in [0.1, 0.15) is 5.69 Å². The topological polar surface area (TPSA) is 80.5 Å². The van der Waals surface area contributed by atoms with E-state index >= 15 is 0 Å². The fourth-order valence-corrected chi connectivity index (χ4v) is 4.27. The number of carbonyl (C=O) groups excluding carboxylic acids is 2. The zero-order valence-corrected chi connectivity index (χ0v) is 16.2. The van der Waals surface area contributed by atoms with Gasteiger partial charge in [-0.05, 0) is 36.6 Å². The van der Waals surface area contributed by atoms with Crippen LogP contribution in [0.1, 0.15) is 42.7 Å². The minimum Gasteiger partial charge on any atom is -0.294 e. The van der Waals surface area contributed by atoms with E-state index in [1.807, 2.05) is 0 Å².